The van der Waals surface area contributed by atoms with Crippen molar-refractivity contribution in [1.29, 1.82) is 0 Å². The lowest BCUT2D eigenvalue weighted by atomic mass is 9.69. The summed E-state index contributed by atoms with van der Waals surface area (Å²) in [6.45, 7) is 14.6. The fraction of sp³-hybridized carbons (Fsp3) is 0.550. The van der Waals surface area contributed by atoms with Gasteiger partial charge in [-0.05, 0) is 73.6 Å². The normalized spacial score (nSPS) is 11.8. The lowest BCUT2D eigenvalue weighted by molar-refractivity contribution is 0.110. The van der Waals surface area contributed by atoms with Gasteiger partial charge in [0.1, 0.15) is 11.5 Å². The van der Waals surface area contributed by atoms with Gasteiger partial charge in [0, 0.05) is 54.1 Å². The summed E-state index contributed by atoms with van der Waals surface area (Å²) in [6.07, 6.45) is 8.05. The van der Waals surface area contributed by atoms with Crippen LogP contribution in [0.15, 0.2) is 54.6 Å². The standard InChI is InChI=1S/C40H58O6/c1-6-10-19-43-27-31-23-36(24-32(38(31)41)28-44-20-11-7-2)40(5,35-17-15-14-16-18-35)37-25-33(29-45-21-12-8-3)39(42)34(26-37)30-46-22-13-9-4/h14-18,23-26,41-42H,6-13,19-22,27-30H2,1-5H3. The molecule has 3 rings (SSSR count). The second-order valence-corrected chi connectivity index (χ2v) is 12.4. The molecule has 0 aromatic heterocycles. The summed E-state index contributed by atoms with van der Waals surface area (Å²) in [6, 6.07) is 18.7. The van der Waals surface area contributed by atoms with E-state index >= 15 is 0 Å². The second kappa shape index (κ2) is 20.4. The third kappa shape index (κ3) is 10.6. The van der Waals surface area contributed by atoms with Crippen LogP contribution in [0.25, 0.3) is 0 Å². The number of hydrogen-bond acceptors (Lipinski definition) is 6. The molecule has 3 aromatic rings. The fourth-order valence-corrected chi connectivity index (χ4v) is 5.52. The highest BCUT2D eigenvalue weighted by Crippen LogP contribution is 2.44. The highest BCUT2D eigenvalue weighted by molar-refractivity contribution is 5.57. The highest BCUT2D eigenvalue weighted by Gasteiger charge is 2.34. The van der Waals surface area contributed by atoms with Crippen molar-refractivity contribution in [2.45, 2.75) is 118 Å². The van der Waals surface area contributed by atoms with Crippen LogP contribution in [0.3, 0.4) is 0 Å². The first-order valence-electron chi connectivity index (χ1n) is 17.5. The van der Waals surface area contributed by atoms with E-state index < -0.39 is 5.41 Å². The van der Waals surface area contributed by atoms with Gasteiger partial charge < -0.3 is 29.2 Å². The first-order chi connectivity index (χ1) is 22.4. The molecule has 0 spiro atoms. The van der Waals surface area contributed by atoms with Crippen molar-refractivity contribution in [2.75, 3.05) is 26.4 Å². The Morgan fingerprint density at radius 1 is 0.478 bits per heavy atom. The zero-order valence-corrected chi connectivity index (χ0v) is 29.0. The Labute approximate surface area is 278 Å². The van der Waals surface area contributed by atoms with Gasteiger partial charge in [0.25, 0.3) is 0 Å². The number of aromatic hydroxyl groups is 2. The Kier molecular flexibility index (Phi) is 16.6. The molecule has 0 amide bonds. The molecule has 2 N–H and O–H groups in total. The summed E-state index contributed by atoms with van der Waals surface area (Å²) in [5.74, 6) is 0.459. The van der Waals surface area contributed by atoms with E-state index in [1.54, 1.807) is 0 Å². The van der Waals surface area contributed by atoms with E-state index in [0.29, 0.717) is 52.9 Å². The zero-order valence-electron chi connectivity index (χ0n) is 29.0. The second-order valence-electron chi connectivity index (χ2n) is 12.4. The number of benzene rings is 3. The molecule has 254 valence electrons. The topological polar surface area (TPSA) is 77.4 Å². The van der Waals surface area contributed by atoms with Gasteiger partial charge in [0.15, 0.2) is 0 Å². The lowest BCUT2D eigenvalue weighted by Gasteiger charge is -2.34. The molecule has 3 aromatic carbocycles. The van der Waals surface area contributed by atoms with E-state index in [1.807, 2.05) is 6.07 Å². The summed E-state index contributed by atoms with van der Waals surface area (Å²) in [4.78, 5) is 0. The van der Waals surface area contributed by atoms with Crippen LogP contribution in [-0.4, -0.2) is 36.6 Å². The molecule has 0 radical (unpaired) electrons. The Balaban J connectivity index is 2.20. The minimum absolute atomic E-state index is 0.230. The fourth-order valence-electron chi connectivity index (χ4n) is 5.52. The molecule has 0 heterocycles. The van der Waals surface area contributed by atoms with Crippen molar-refractivity contribution in [2.24, 2.45) is 0 Å². The van der Waals surface area contributed by atoms with E-state index in [2.05, 4.69) is 83.1 Å². The lowest BCUT2D eigenvalue weighted by Crippen LogP contribution is -2.26. The maximum Gasteiger partial charge on any atom is 0.126 e. The molecule has 0 aliphatic rings. The number of ether oxygens (including phenoxy) is 4. The van der Waals surface area contributed by atoms with Gasteiger partial charge in [-0.3, -0.25) is 0 Å². The van der Waals surface area contributed by atoms with E-state index in [-0.39, 0.29) is 11.5 Å². The molecule has 0 saturated heterocycles. The molecule has 0 unspecified atom stereocenters. The van der Waals surface area contributed by atoms with Crippen molar-refractivity contribution in [3.05, 3.63) is 93.5 Å². The molecule has 46 heavy (non-hydrogen) atoms. The van der Waals surface area contributed by atoms with Crippen LogP contribution in [0.1, 0.15) is 125 Å². The zero-order chi connectivity index (χ0) is 33.2. The summed E-state index contributed by atoms with van der Waals surface area (Å²) in [5.41, 5.74) is 5.46. The van der Waals surface area contributed by atoms with Crippen LogP contribution in [0.2, 0.25) is 0 Å². The molecule has 0 aliphatic heterocycles. The molecular formula is C40H58O6. The van der Waals surface area contributed by atoms with Gasteiger partial charge in [0.05, 0.1) is 26.4 Å². The van der Waals surface area contributed by atoms with Crippen molar-refractivity contribution in [1.82, 2.24) is 0 Å². The first-order valence-corrected chi connectivity index (χ1v) is 17.5. The molecule has 0 saturated carbocycles. The van der Waals surface area contributed by atoms with Gasteiger partial charge in [0.2, 0.25) is 0 Å². The Bertz CT molecular complexity index is 1140. The maximum absolute atomic E-state index is 11.4. The molecule has 6 heteroatoms. The Morgan fingerprint density at radius 2 is 0.783 bits per heavy atom. The number of phenolic OH excluding ortho intramolecular Hbond substituents is 2. The van der Waals surface area contributed by atoms with Crippen LogP contribution >= 0.6 is 0 Å². The minimum Gasteiger partial charge on any atom is -0.507 e. The third-order valence-electron chi connectivity index (χ3n) is 8.64. The van der Waals surface area contributed by atoms with E-state index in [0.717, 1.165) is 90.3 Å². The first kappa shape index (κ1) is 37.6. The molecular weight excluding hydrogens is 576 g/mol. The minimum atomic E-state index is -0.644. The summed E-state index contributed by atoms with van der Waals surface area (Å²) < 4.78 is 24.1. The summed E-state index contributed by atoms with van der Waals surface area (Å²) in [5, 5.41) is 22.8. The van der Waals surface area contributed by atoms with E-state index in [4.69, 9.17) is 18.9 Å². The largest absolute Gasteiger partial charge is 0.507 e. The molecule has 0 aliphatic carbocycles. The average Bonchev–Trinajstić information content (AvgIpc) is 3.07. The smallest absolute Gasteiger partial charge is 0.126 e. The number of phenols is 2. The number of rotatable bonds is 23. The van der Waals surface area contributed by atoms with Gasteiger partial charge in [-0.2, -0.15) is 0 Å². The Morgan fingerprint density at radius 3 is 1.07 bits per heavy atom. The molecule has 6 nitrogen and oxygen atoms in total. The molecule has 0 bridgehead atoms. The number of unbranched alkanes of at least 4 members (excludes halogenated alkanes) is 4. The van der Waals surface area contributed by atoms with Crippen molar-refractivity contribution >= 4 is 0 Å². The van der Waals surface area contributed by atoms with Crippen LogP contribution < -0.4 is 0 Å². The maximum atomic E-state index is 11.4. The van der Waals surface area contributed by atoms with Crippen LogP contribution in [0.4, 0.5) is 0 Å². The van der Waals surface area contributed by atoms with Crippen molar-refractivity contribution in [3.8, 4) is 11.5 Å². The monoisotopic (exact) mass is 634 g/mol. The van der Waals surface area contributed by atoms with Gasteiger partial charge in [-0.15, -0.1) is 0 Å². The van der Waals surface area contributed by atoms with Gasteiger partial charge >= 0.3 is 0 Å². The van der Waals surface area contributed by atoms with Crippen molar-refractivity contribution in [3.63, 3.8) is 0 Å². The van der Waals surface area contributed by atoms with E-state index in [9.17, 15) is 10.2 Å². The molecule has 0 atom stereocenters. The van der Waals surface area contributed by atoms with Crippen molar-refractivity contribution < 1.29 is 29.2 Å². The van der Waals surface area contributed by atoms with Crippen LogP contribution in [0, 0.1) is 0 Å². The average molecular weight is 635 g/mol. The summed E-state index contributed by atoms with van der Waals surface area (Å²) >= 11 is 0. The molecule has 0 fully saturated rings. The number of hydrogen-bond donors (Lipinski definition) is 2. The van der Waals surface area contributed by atoms with Gasteiger partial charge in [-0.1, -0.05) is 83.7 Å². The van der Waals surface area contributed by atoms with E-state index in [1.165, 1.54) is 0 Å². The predicted molar refractivity (Wildman–Crippen MR) is 186 cm³/mol. The quantitative estimate of drug-likeness (QED) is 0.0799. The van der Waals surface area contributed by atoms with Crippen LogP contribution in [0.5, 0.6) is 11.5 Å². The predicted octanol–water partition coefficient (Wildman–Crippen LogP) is 9.72. The third-order valence-corrected chi connectivity index (χ3v) is 8.64. The SMILES string of the molecule is CCCCOCc1cc(C(C)(c2ccccc2)c2cc(COCCCC)c(O)c(COCCCC)c2)cc(COCCCC)c1O. The van der Waals surface area contributed by atoms with Gasteiger partial charge in [-0.25, -0.2) is 0 Å². The Hall–Kier alpha value is -2.90. The highest BCUT2D eigenvalue weighted by atomic mass is 16.5. The summed E-state index contributed by atoms with van der Waals surface area (Å²) in [7, 11) is 0. The van der Waals surface area contributed by atoms with Crippen LogP contribution in [-0.2, 0) is 50.8 Å².